The van der Waals surface area contributed by atoms with E-state index in [4.69, 9.17) is 4.74 Å². The van der Waals surface area contributed by atoms with E-state index >= 15 is 0 Å². The lowest BCUT2D eigenvalue weighted by Gasteiger charge is -2.26. The smallest absolute Gasteiger partial charge is 0.271 e. The van der Waals surface area contributed by atoms with E-state index in [9.17, 15) is 10.1 Å². The van der Waals surface area contributed by atoms with Crippen molar-refractivity contribution in [3.8, 4) is 0 Å². The maximum Gasteiger partial charge on any atom is 0.271 e. The first-order valence-electron chi connectivity index (χ1n) is 7.27. The number of ether oxygens (including phenoxy) is 1. The van der Waals surface area contributed by atoms with E-state index in [2.05, 4.69) is 9.47 Å². The summed E-state index contributed by atoms with van der Waals surface area (Å²) in [4.78, 5) is 12.9. The van der Waals surface area contributed by atoms with Crippen LogP contribution in [-0.4, -0.2) is 47.2 Å². The lowest BCUT2D eigenvalue weighted by atomic mass is 10.2. The molecule has 6 nitrogen and oxygen atoms in total. The van der Waals surface area contributed by atoms with Crippen LogP contribution in [0.2, 0.25) is 0 Å². The molecule has 0 spiro atoms. The van der Waals surface area contributed by atoms with Gasteiger partial charge in [0.05, 0.1) is 23.7 Å². The van der Waals surface area contributed by atoms with Crippen LogP contribution in [0.5, 0.6) is 0 Å². The fourth-order valence-electron chi connectivity index (χ4n) is 2.77. The molecule has 112 valence electrons. The molecule has 6 heteroatoms. The zero-order valence-corrected chi connectivity index (χ0v) is 11.9. The van der Waals surface area contributed by atoms with Crippen LogP contribution in [0.3, 0.4) is 0 Å². The number of nitro benzene ring substituents is 1. The minimum absolute atomic E-state index is 0.149. The SMILES string of the molecule is O=[N+]([O-])c1ccc2ccn(CCCN3CCOCC3)c2c1. The van der Waals surface area contributed by atoms with Gasteiger partial charge >= 0.3 is 0 Å². The molecule has 3 rings (SSSR count). The van der Waals surface area contributed by atoms with Crippen molar-refractivity contribution in [2.24, 2.45) is 0 Å². The van der Waals surface area contributed by atoms with Crippen LogP contribution in [0.15, 0.2) is 30.5 Å². The first-order chi connectivity index (χ1) is 10.2. The van der Waals surface area contributed by atoms with Crippen molar-refractivity contribution in [3.05, 3.63) is 40.6 Å². The molecule has 1 aromatic carbocycles. The highest BCUT2D eigenvalue weighted by Gasteiger charge is 2.11. The van der Waals surface area contributed by atoms with Gasteiger partial charge in [-0.2, -0.15) is 0 Å². The predicted octanol–water partition coefficient (Wildman–Crippen LogP) is 2.27. The van der Waals surface area contributed by atoms with Crippen molar-refractivity contribution in [3.63, 3.8) is 0 Å². The molecule has 1 aliphatic rings. The molecule has 1 aliphatic heterocycles. The predicted molar refractivity (Wildman–Crippen MR) is 80.5 cm³/mol. The normalized spacial score (nSPS) is 16.4. The molecular weight excluding hydrogens is 270 g/mol. The average molecular weight is 289 g/mol. The molecule has 1 aromatic heterocycles. The first kappa shape index (κ1) is 14.0. The van der Waals surface area contributed by atoms with Gasteiger partial charge in [-0.15, -0.1) is 0 Å². The zero-order valence-electron chi connectivity index (χ0n) is 11.9. The van der Waals surface area contributed by atoms with E-state index in [-0.39, 0.29) is 10.6 Å². The number of non-ortho nitro benzene ring substituents is 1. The topological polar surface area (TPSA) is 60.5 Å². The van der Waals surface area contributed by atoms with E-state index in [1.807, 2.05) is 18.3 Å². The maximum atomic E-state index is 10.9. The molecular formula is C15H19N3O3. The molecule has 1 fully saturated rings. The molecule has 2 aromatic rings. The van der Waals surface area contributed by atoms with Crippen LogP contribution in [-0.2, 0) is 11.3 Å². The van der Waals surface area contributed by atoms with Gasteiger partial charge in [-0.1, -0.05) is 0 Å². The number of nitro groups is 1. The zero-order chi connectivity index (χ0) is 14.7. The molecule has 0 N–H and O–H groups in total. The third-order valence-corrected chi connectivity index (χ3v) is 3.95. The number of rotatable bonds is 5. The molecule has 0 saturated carbocycles. The molecule has 0 unspecified atom stereocenters. The summed E-state index contributed by atoms with van der Waals surface area (Å²) in [7, 11) is 0. The third-order valence-electron chi connectivity index (χ3n) is 3.95. The molecule has 0 atom stereocenters. The van der Waals surface area contributed by atoms with E-state index in [0.29, 0.717) is 0 Å². The molecule has 0 amide bonds. The number of hydrogen-bond acceptors (Lipinski definition) is 4. The number of nitrogens with zero attached hydrogens (tertiary/aromatic N) is 3. The number of hydrogen-bond donors (Lipinski definition) is 0. The number of aromatic nitrogens is 1. The Bertz CT molecular complexity index is 632. The maximum absolute atomic E-state index is 10.9. The van der Waals surface area contributed by atoms with Gasteiger partial charge in [-0.3, -0.25) is 15.0 Å². The second kappa shape index (κ2) is 6.24. The van der Waals surface area contributed by atoms with Crippen molar-refractivity contribution in [2.75, 3.05) is 32.8 Å². The molecule has 2 heterocycles. The van der Waals surface area contributed by atoms with Crippen LogP contribution in [0.25, 0.3) is 10.9 Å². The van der Waals surface area contributed by atoms with Crippen molar-refractivity contribution < 1.29 is 9.66 Å². The van der Waals surface area contributed by atoms with E-state index in [0.717, 1.165) is 56.7 Å². The minimum Gasteiger partial charge on any atom is -0.379 e. The van der Waals surface area contributed by atoms with Gasteiger partial charge in [0.2, 0.25) is 0 Å². The molecule has 0 bridgehead atoms. The van der Waals surface area contributed by atoms with Gasteiger partial charge in [0.1, 0.15) is 0 Å². The summed E-state index contributed by atoms with van der Waals surface area (Å²) in [5.74, 6) is 0. The quantitative estimate of drug-likeness (QED) is 0.626. The monoisotopic (exact) mass is 289 g/mol. The highest BCUT2D eigenvalue weighted by Crippen LogP contribution is 2.22. The summed E-state index contributed by atoms with van der Waals surface area (Å²) >= 11 is 0. The highest BCUT2D eigenvalue weighted by molar-refractivity contribution is 5.82. The van der Waals surface area contributed by atoms with Crippen molar-refractivity contribution in [2.45, 2.75) is 13.0 Å². The van der Waals surface area contributed by atoms with Gasteiger partial charge in [-0.25, -0.2) is 0 Å². The van der Waals surface area contributed by atoms with Crippen LogP contribution < -0.4 is 0 Å². The largest absolute Gasteiger partial charge is 0.379 e. The summed E-state index contributed by atoms with van der Waals surface area (Å²) in [6, 6.07) is 7.03. The second-order valence-corrected chi connectivity index (χ2v) is 5.32. The summed E-state index contributed by atoms with van der Waals surface area (Å²) in [5.41, 5.74) is 1.09. The van der Waals surface area contributed by atoms with Crippen molar-refractivity contribution in [1.82, 2.24) is 9.47 Å². The molecule has 1 saturated heterocycles. The van der Waals surface area contributed by atoms with Crippen LogP contribution in [0.1, 0.15) is 6.42 Å². The Labute approximate surface area is 123 Å². The highest BCUT2D eigenvalue weighted by atomic mass is 16.6. The van der Waals surface area contributed by atoms with Crippen molar-refractivity contribution in [1.29, 1.82) is 0 Å². The second-order valence-electron chi connectivity index (χ2n) is 5.32. The fourth-order valence-corrected chi connectivity index (χ4v) is 2.77. The Morgan fingerprint density at radius 2 is 2.00 bits per heavy atom. The number of fused-ring (bicyclic) bond motifs is 1. The Balaban J connectivity index is 1.65. The number of benzene rings is 1. The van der Waals surface area contributed by atoms with E-state index in [1.165, 1.54) is 0 Å². The van der Waals surface area contributed by atoms with Gasteiger partial charge in [0.25, 0.3) is 5.69 Å². The number of aryl methyl sites for hydroxylation is 1. The van der Waals surface area contributed by atoms with Gasteiger partial charge in [0.15, 0.2) is 0 Å². The minimum atomic E-state index is -0.343. The Hall–Kier alpha value is -1.92. The van der Waals surface area contributed by atoms with Crippen LogP contribution in [0.4, 0.5) is 5.69 Å². The van der Waals surface area contributed by atoms with Crippen LogP contribution in [0, 0.1) is 10.1 Å². The van der Waals surface area contributed by atoms with E-state index < -0.39 is 0 Å². The Morgan fingerprint density at radius 1 is 1.19 bits per heavy atom. The van der Waals surface area contributed by atoms with E-state index in [1.54, 1.807) is 12.1 Å². The summed E-state index contributed by atoms with van der Waals surface area (Å²) in [6.07, 6.45) is 3.04. The summed E-state index contributed by atoms with van der Waals surface area (Å²) in [5, 5.41) is 11.9. The molecule has 0 aliphatic carbocycles. The Kier molecular flexibility index (Phi) is 4.17. The third kappa shape index (κ3) is 3.22. The van der Waals surface area contributed by atoms with Crippen LogP contribution >= 0.6 is 0 Å². The lowest BCUT2D eigenvalue weighted by Crippen LogP contribution is -2.37. The lowest BCUT2D eigenvalue weighted by molar-refractivity contribution is -0.384. The standard InChI is InChI=1S/C15H19N3O3/c19-18(20)14-3-2-13-4-7-17(15(13)12-14)6-1-5-16-8-10-21-11-9-16/h2-4,7,12H,1,5-6,8-11H2. The summed E-state index contributed by atoms with van der Waals surface area (Å²) < 4.78 is 7.43. The first-order valence-corrected chi connectivity index (χ1v) is 7.27. The molecule has 21 heavy (non-hydrogen) atoms. The van der Waals surface area contributed by atoms with Gasteiger partial charge in [-0.05, 0) is 18.6 Å². The molecule has 0 radical (unpaired) electrons. The summed E-state index contributed by atoms with van der Waals surface area (Å²) in [6.45, 7) is 5.55. The average Bonchev–Trinajstić information content (AvgIpc) is 2.91. The fraction of sp³-hybridized carbons (Fsp3) is 0.467. The van der Waals surface area contributed by atoms with Gasteiger partial charge < -0.3 is 9.30 Å². The van der Waals surface area contributed by atoms with Crippen molar-refractivity contribution >= 4 is 16.6 Å². The number of morpholine rings is 1. The Morgan fingerprint density at radius 3 is 2.76 bits per heavy atom. The van der Waals surface area contributed by atoms with Gasteiger partial charge in [0, 0.05) is 49.9 Å².